The van der Waals surface area contributed by atoms with Crippen molar-refractivity contribution in [1.29, 1.82) is 0 Å². The fourth-order valence-corrected chi connectivity index (χ4v) is 3.03. The van der Waals surface area contributed by atoms with Gasteiger partial charge in [-0.05, 0) is 12.3 Å². The van der Waals surface area contributed by atoms with Crippen LogP contribution in [-0.2, 0) is 4.79 Å². The van der Waals surface area contributed by atoms with Gasteiger partial charge in [0.25, 0.3) is 0 Å². The molecule has 3 nitrogen and oxygen atoms in total. The van der Waals surface area contributed by atoms with Crippen molar-refractivity contribution in [3.05, 3.63) is 0 Å². The van der Waals surface area contributed by atoms with Crippen molar-refractivity contribution in [1.82, 2.24) is 5.32 Å². The summed E-state index contributed by atoms with van der Waals surface area (Å²) in [6.45, 7) is 3.17. The zero-order chi connectivity index (χ0) is 10.4. The van der Waals surface area contributed by atoms with Gasteiger partial charge in [0.2, 0.25) is 0 Å². The molecule has 4 heteroatoms. The third kappa shape index (κ3) is 3.88. The summed E-state index contributed by atoms with van der Waals surface area (Å²) in [6.07, 6.45) is 3.63. The van der Waals surface area contributed by atoms with Gasteiger partial charge < -0.3 is 10.4 Å². The second kappa shape index (κ2) is 6.30. The first-order valence-corrected chi connectivity index (χ1v) is 6.35. The highest BCUT2D eigenvalue weighted by Crippen LogP contribution is 2.28. The molecule has 2 N–H and O–H groups in total. The number of rotatable bonds is 6. The van der Waals surface area contributed by atoms with Crippen LogP contribution in [0.1, 0.15) is 32.6 Å². The van der Waals surface area contributed by atoms with Gasteiger partial charge in [0, 0.05) is 12.3 Å². The minimum Gasteiger partial charge on any atom is -0.481 e. The van der Waals surface area contributed by atoms with Crippen LogP contribution in [0.15, 0.2) is 0 Å². The Labute approximate surface area is 89.6 Å². The second-order valence-corrected chi connectivity index (χ2v) is 5.00. The van der Waals surface area contributed by atoms with Crippen LogP contribution in [0, 0.1) is 5.92 Å². The summed E-state index contributed by atoms with van der Waals surface area (Å²) in [5.74, 6) is 0.757. The Morgan fingerprint density at radius 2 is 2.50 bits per heavy atom. The predicted octanol–water partition coefficient (Wildman–Crippen LogP) is 1.93. The van der Waals surface area contributed by atoms with Gasteiger partial charge in [0.05, 0.1) is 11.8 Å². The van der Waals surface area contributed by atoms with E-state index >= 15 is 0 Å². The Bertz CT molecular complexity index is 181. The molecule has 1 fully saturated rings. The number of unbranched alkanes of at least 4 members (excludes halogenated alkanes) is 1. The van der Waals surface area contributed by atoms with E-state index in [1.807, 2.05) is 11.8 Å². The maximum atomic E-state index is 10.7. The average Bonchev–Trinajstić information content (AvgIpc) is 2.64. The first kappa shape index (κ1) is 11.9. The number of thioether (sulfide) groups is 1. The van der Waals surface area contributed by atoms with Crippen molar-refractivity contribution in [3.8, 4) is 0 Å². The summed E-state index contributed by atoms with van der Waals surface area (Å²) in [5.41, 5.74) is 0. The summed E-state index contributed by atoms with van der Waals surface area (Å²) >= 11 is 1.87. The minimum atomic E-state index is -0.666. The molecular formula is C10H19NO2S. The van der Waals surface area contributed by atoms with E-state index < -0.39 is 5.97 Å². The van der Waals surface area contributed by atoms with Gasteiger partial charge in [0.15, 0.2) is 0 Å². The zero-order valence-corrected chi connectivity index (χ0v) is 9.48. The standard InChI is InChI=1S/C10H19NO2S/c1-2-3-4-8(7-9(12)13)10-11-5-6-14-10/h8,10-11H,2-7H2,1H3,(H,12,13). The molecule has 1 aliphatic heterocycles. The highest BCUT2D eigenvalue weighted by molar-refractivity contribution is 8.00. The fourth-order valence-electron chi connectivity index (χ4n) is 1.80. The SMILES string of the molecule is CCCCC(CC(=O)O)C1NCCS1. The molecule has 0 spiro atoms. The first-order chi connectivity index (χ1) is 6.74. The third-order valence-electron chi connectivity index (χ3n) is 2.54. The first-order valence-electron chi connectivity index (χ1n) is 5.30. The summed E-state index contributed by atoms with van der Waals surface area (Å²) in [6, 6.07) is 0. The lowest BCUT2D eigenvalue weighted by molar-refractivity contribution is -0.138. The van der Waals surface area contributed by atoms with Crippen molar-refractivity contribution >= 4 is 17.7 Å². The number of hydrogen-bond donors (Lipinski definition) is 2. The quantitative estimate of drug-likeness (QED) is 0.714. The van der Waals surface area contributed by atoms with E-state index in [4.69, 9.17) is 5.11 Å². The lowest BCUT2D eigenvalue weighted by Gasteiger charge is -2.21. The smallest absolute Gasteiger partial charge is 0.303 e. The molecule has 14 heavy (non-hydrogen) atoms. The van der Waals surface area contributed by atoms with Gasteiger partial charge in [0.1, 0.15) is 0 Å². The Morgan fingerprint density at radius 1 is 1.71 bits per heavy atom. The van der Waals surface area contributed by atoms with E-state index in [-0.39, 0.29) is 0 Å². The molecule has 1 aliphatic rings. The number of hydrogen-bond acceptors (Lipinski definition) is 3. The topological polar surface area (TPSA) is 49.3 Å². The van der Waals surface area contributed by atoms with Gasteiger partial charge in [-0.15, -0.1) is 11.8 Å². The molecular weight excluding hydrogens is 198 g/mol. The van der Waals surface area contributed by atoms with E-state index in [0.717, 1.165) is 31.6 Å². The third-order valence-corrected chi connectivity index (χ3v) is 3.89. The van der Waals surface area contributed by atoms with Crippen LogP contribution >= 0.6 is 11.8 Å². The molecule has 0 aliphatic carbocycles. The van der Waals surface area contributed by atoms with Crippen LogP contribution < -0.4 is 5.32 Å². The van der Waals surface area contributed by atoms with Gasteiger partial charge in [-0.3, -0.25) is 4.79 Å². The molecule has 1 rings (SSSR count). The number of carboxylic acids is 1. The normalized spacial score (nSPS) is 23.6. The molecule has 2 unspecified atom stereocenters. The molecule has 0 aromatic heterocycles. The molecule has 0 bridgehead atoms. The maximum Gasteiger partial charge on any atom is 0.303 e. The van der Waals surface area contributed by atoms with Crippen molar-refractivity contribution in [2.45, 2.75) is 38.0 Å². The maximum absolute atomic E-state index is 10.7. The highest BCUT2D eigenvalue weighted by atomic mass is 32.2. The van der Waals surface area contributed by atoms with Crippen molar-refractivity contribution < 1.29 is 9.90 Å². The molecule has 82 valence electrons. The molecule has 0 amide bonds. The zero-order valence-electron chi connectivity index (χ0n) is 8.66. The van der Waals surface area contributed by atoms with E-state index in [2.05, 4.69) is 12.2 Å². The molecule has 2 atom stereocenters. The van der Waals surface area contributed by atoms with Gasteiger partial charge in [-0.1, -0.05) is 19.8 Å². The molecule has 1 saturated heterocycles. The summed E-state index contributed by atoms with van der Waals surface area (Å²) in [4.78, 5) is 10.7. The Balaban J connectivity index is 2.37. The summed E-state index contributed by atoms with van der Waals surface area (Å²) in [5, 5.41) is 12.5. The summed E-state index contributed by atoms with van der Waals surface area (Å²) in [7, 11) is 0. The Kier molecular flexibility index (Phi) is 5.33. The fraction of sp³-hybridized carbons (Fsp3) is 0.900. The predicted molar refractivity (Wildman–Crippen MR) is 59.5 cm³/mol. The largest absolute Gasteiger partial charge is 0.481 e. The molecule has 0 aromatic carbocycles. The number of carboxylic acid groups (broad SMARTS) is 1. The number of aliphatic carboxylic acids is 1. The minimum absolute atomic E-state index is 0.306. The van der Waals surface area contributed by atoms with Crippen LogP contribution in [0.4, 0.5) is 0 Å². The monoisotopic (exact) mass is 217 g/mol. The van der Waals surface area contributed by atoms with E-state index in [1.54, 1.807) is 0 Å². The van der Waals surface area contributed by atoms with Crippen molar-refractivity contribution in [2.24, 2.45) is 5.92 Å². The van der Waals surface area contributed by atoms with Crippen LogP contribution in [0.2, 0.25) is 0 Å². The van der Waals surface area contributed by atoms with E-state index in [9.17, 15) is 4.79 Å². The average molecular weight is 217 g/mol. The van der Waals surface area contributed by atoms with Crippen LogP contribution in [0.3, 0.4) is 0 Å². The lowest BCUT2D eigenvalue weighted by Crippen LogP contribution is -2.30. The van der Waals surface area contributed by atoms with Crippen LogP contribution in [0.25, 0.3) is 0 Å². The molecule has 1 heterocycles. The number of carbonyl (C=O) groups is 1. The van der Waals surface area contributed by atoms with Crippen molar-refractivity contribution in [3.63, 3.8) is 0 Å². The lowest BCUT2D eigenvalue weighted by atomic mass is 9.98. The van der Waals surface area contributed by atoms with Crippen LogP contribution in [-0.4, -0.2) is 28.7 Å². The van der Waals surface area contributed by atoms with Gasteiger partial charge >= 0.3 is 5.97 Å². The molecule has 0 aromatic rings. The second-order valence-electron chi connectivity index (χ2n) is 3.75. The highest BCUT2D eigenvalue weighted by Gasteiger charge is 2.26. The van der Waals surface area contributed by atoms with Crippen LogP contribution in [0.5, 0.6) is 0 Å². The van der Waals surface area contributed by atoms with E-state index in [1.165, 1.54) is 0 Å². The summed E-state index contributed by atoms with van der Waals surface area (Å²) < 4.78 is 0. The van der Waals surface area contributed by atoms with Crippen molar-refractivity contribution in [2.75, 3.05) is 12.3 Å². The Morgan fingerprint density at radius 3 is 3.00 bits per heavy atom. The number of nitrogens with one attached hydrogen (secondary N) is 1. The van der Waals surface area contributed by atoms with Gasteiger partial charge in [-0.25, -0.2) is 0 Å². The molecule has 0 radical (unpaired) electrons. The molecule has 0 saturated carbocycles. The van der Waals surface area contributed by atoms with Gasteiger partial charge in [-0.2, -0.15) is 0 Å². The van der Waals surface area contributed by atoms with E-state index in [0.29, 0.717) is 17.7 Å². The Hall–Kier alpha value is -0.220.